The summed E-state index contributed by atoms with van der Waals surface area (Å²) >= 11 is 0. The fraction of sp³-hybridized carbons (Fsp3) is 0.321. The van der Waals surface area contributed by atoms with Gasteiger partial charge in [0.25, 0.3) is 0 Å². The predicted octanol–water partition coefficient (Wildman–Crippen LogP) is 2.34. The molecule has 14 N–H and O–H groups in total. The van der Waals surface area contributed by atoms with E-state index in [0.717, 1.165) is 27.4 Å². The normalized spacial score (nSPS) is 14.9. The molecule has 0 unspecified atom stereocenters. The van der Waals surface area contributed by atoms with E-state index in [1.807, 2.05) is 72.8 Å². The average molecular weight is 1050 g/mol. The SMILES string of the molecule is CC[C@H](C)[C@H](NC(=O)[C@@H](NC(=O)[C@H](Cc1ccc(O)cc1)NC(=O)[C@H](Cc1c[nH]c2ccccc12)NC(=O)[C@H](Cc1c[nH]c2ccccc12)NC(=O)[C@H](Cc1cnc[nH]1)NC(=O)[C@@H](N)Cc1ccccc1)[C@@H](C)O)C(=O)O. The van der Waals surface area contributed by atoms with Crippen molar-refractivity contribution in [3.8, 4) is 5.75 Å². The number of para-hydroxylation sites is 2. The molecule has 0 aliphatic heterocycles. The first-order valence-corrected chi connectivity index (χ1v) is 25.4. The summed E-state index contributed by atoms with van der Waals surface area (Å²) in [6.07, 6.45) is 4.81. The van der Waals surface area contributed by atoms with Crippen molar-refractivity contribution in [2.75, 3.05) is 0 Å². The van der Waals surface area contributed by atoms with Gasteiger partial charge in [0.2, 0.25) is 35.4 Å². The number of aromatic hydroxyl groups is 1. The van der Waals surface area contributed by atoms with E-state index in [-0.39, 0.29) is 37.9 Å². The third-order valence-corrected chi connectivity index (χ3v) is 13.6. The summed E-state index contributed by atoms with van der Waals surface area (Å²) < 4.78 is 0. The molecule has 9 atom stereocenters. The van der Waals surface area contributed by atoms with E-state index >= 15 is 9.59 Å². The van der Waals surface area contributed by atoms with Gasteiger partial charge in [-0.1, -0.05) is 99.1 Å². The number of aliphatic hydroxyl groups excluding tert-OH is 1. The molecule has 77 heavy (non-hydrogen) atoms. The van der Waals surface area contributed by atoms with Gasteiger partial charge in [-0.2, -0.15) is 0 Å². The molecule has 0 spiro atoms. The van der Waals surface area contributed by atoms with Gasteiger partial charge in [-0.05, 0) is 65.8 Å². The van der Waals surface area contributed by atoms with Crippen LogP contribution in [-0.2, 0) is 65.7 Å². The molecule has 0 aliphatic carbocycles. The standard InChI is InChI=1S/C56H65N11O10/c1-4-31(2)48(56(76)77)66-55(75)49(32(3)68)67-54(74)44(23-34-18-20-38(69)21-19-34)63-51(71)45(24-35-27-59-42-16-10-8-14-39(35)42)64-52(72)46(25-36-28-60-43-17-11-9-15-40(36)43)65-53(73)47(26-37-29-58-30-61-37)62-50(70)41(57)22-33-12-6-5-7-13-33/h5-21,27-32,41,44-49,59-60,68-69H,4,22-26,57H2,1-3H3,(H,58,61)(H,62,70)(H,63,71)(H,64,72)(H,65,73)(H,66,75)(H,67,74)(H,76,77)/t31-,32+,41-,44-,45-,46-,47-,48-,49-/m0/s1. The number of nitrogens with zero attached hydrogens (tertiary/aromatic N) is 1. The van der Waals surface area contributed by atoms with Crippen LogP contribution in [0, 0.1) is 5.92 Å². The Labute approximate surface area is 443 Å². The van der Waals surface area contributed by atoms with Crippen molar-refractivity contribution < 1.29 is 48.9 Å². The largest absolute Gasteiger partial charge is 0.508 e. The lowest BCUT2D eigenvalue weighted by atomic mass is 9.98. The fourth-order valence-corrected chi connectivity index (χ4v) is 9.00. The van der Waals surface area contributed by atoms with Gasteiger partial charge in [-0.3, -0.25) is 28.8 Å². The number of benzene rings is 4. The lowest BCUT2D eigenvalue weighted by Crippen LogP contribution is -2.62. The van der Waals surface area contributed by atoms with Crippen LogP contribution in [-0.4, -0.2) is 125 Å². The topological polar surface area (TPSA) is 339 Å². The van der Waals surface area contributed by atoms with Gasteiger partial charge in [0.05, 0.1) is 18.5 Å². The maximum atomic E-state index is 15.1. The summed E-state index contributed by atoms with van der Waals surface area (Å²) in [6.45, 7) is 4.62. The highest BCUT2D eigenvalue weighted by molar-refractivity contribution is 5.98. The van der Waals surface area contributed by atoms with Crippen molar-refractivity contribution >= 4 is 63.2 Å². The minimum absolute atomic E-state index is 0.0668. The Morgan fingerprint density at radius 2 is 1.01 bits per heavy atom. The molecule has 3 heterocycles. The van der Waals surface area contributed by atoms with Gasteiger partial charge < -0.3 is 67.9 Å². The Morgan fingerprint density at radius 3 is 1.52 bits per heavy atom. The first-order chi connectivity index (χ1) is 37.0. The Hall–Kier alpha value is -8.82. The van der Waals surface area contributed by atoms with Gasteiger partial charge in [-0.15, -0.1) is 0 Å². The summed E-state index contributed by atoms with van der Waals surface area (Å²) in [5.74, 6) is -6.87. The number of carboxylic acids is 1. The smallest absolute Gasteiger partial charge is 0.326 e. The molecule has 0 fully saturated rings. The Morgan fingerprint density at radius 1 is 0.545 bits per heavy atom. The zero-order chi connectivity index (χ0) is 55.2. The Bertz CT molecular complexity index is 3140. The van der Waals surface area contributed by atoms with Crippen LogP contribution in [0.1, 0.15) is 55.1 Å². The summed E-state index contributed by atoms with van der Waals surface area (Å²) in [6, 6.07) is 19.9. The van der Waals surface area contributed by atoms with Crippen LogP contribution in [0.15, 0.2) is 128 Å². The molecular weight excluding hydrogens is 987 g/mol. The van der Waals surface area contributed by atoms with Crippen LogP contribution in [0.3, 0.4) is 0 Å². The number of aliphatic carboxylic acids is 1. The number of carbonyl (C=O) groups is 7. The number of aliphatic hydroxyl groups is 1. The molecule has 404 valence electrons. The number of H-pyrrole nitrogens is 3. The summed E-state index contributed by atoms with van der Waals surface area (Å²) in [4.78, 5) is 112. The van der Waals surface area contributed by atoms with Crippen molar-refractivity contribution in [1.82, 2.24) is 51.8 Å². The van der Waals surface area contributed by atoms with Crippen LogP contribution in [0.5, 0.6) is 5.75 Å². The van der Waals surface area contributed by atoms with E-state index in [1.165, 1.54) is 43.7 Å². The number of rotatable bonds is 26. The molecule has 21 heteroatoms. The summed E-state index contributed by atoms with van der Waals surface area (Å²) in [5, 5.41) is 48.4. The first kappa shape index (κ1) is 55.9. The van der Waals surface area contributed by atoms with Crippen LogP contribution in [0.2, 0.25) is 0 Å². The quantitative estimate of drug-likeness (QED) is 0.0372. The molecule has 0 aliphatic rings. The minimum Gasteiger partial charge on any atom is -0.508 e. The highest BCUT2D eigenvalue weighted by atomic mass is 16.4. The molecule has 4 aromatic carbocycles. The van der Waals surface area contributed by atoms with Crippen LogP contribution in [0.25, 0.3) is 21.8 Å². The van der Waals surface area contributed by atoms with E-state index in [0.29, 0.717) is 28.8 Å². The number of carbonyl (C=O) groups excluding carboxylic acids is 6. The van der Waals surface area contributed by atoms with Crippen molar-refractivity contribution in [3.63, 3.8) is 0 Å². The zero-order valence-electron chi connectivity index (χ0n) is 42.8. The van der Waals surface area contributed by atoms with Crippen molar-refractivity contribution in [2.45, 2.75) is 108 Å². The maximum Gasteiger partial charge on any atom is 0.326 e. The number of nitrogens with one attached hydrogen (secondary N) is 9. The van der Waals surface area contributed by atoms with E-state index < -0.39 is 95.7 Å². The molecule has 21 nitrogen and oxygen atoms in total. The second-order valence-corrected chi connectivity index (χ2v) is 19.3. The molecular formula is C56H65N11O10. The van der Waals surface area contributed by atoms with Gasteiger partial charge in [0.1, 0.15) is 42.0 Å². The van der Waals surface area contributed by atoms with Crippen LogP contribution < -0.4 is 37.6 Å². The zero-order valence-corrected chi connectivity index (χ0v) is 42.8. The van der Waals surface area contributed by atoms with Crippen molar-refractivity contribution in [3.05, 3.63) is 156 Å². The molecule has 0 saturated heterocycles. The highest BCUT2D eigenvalue weighted by Crippen LogP contribution is 2.22. The molecule has 3 aromatic heterocycles. The lowest BCUT2D eigenvalue weighted by molar-refractivity contribution is -0.144. The van der Waals surface area contributed by atoms with Gasteiger partial charge in [-0.25, -0.2) is 9.78 Å². The summed E-state index contributed by atoms with van der Waals surface area (Å²) in [5.41, 5.74) is 10.9. The number of phenols is 1. The predicted molar refractivity (Wildman–Crippen MR) is 287 cm³/mol. The van der Waals surface area contributed by atoms with Gasteiger partial charge in [0.15, 0.2) is 0 Å². The molecule has 0 radical (unpaired) electrons. The first-order valence-electron chi connectivity index (χ1n) is 25.4. The van der Waals surface area contributed by atoms with Gasteiger partial charge >= 0.3 is 5.97 Å². The van der Waals surface area contributed by atoms with Crippen molar-refractivity contribution in [1.29, 1.82) is 0 Å². The summed E-state index contributed by atoms with van der Waals surface area (Å²) in [7, 11) is 0. The van der Waals surface area contributed by atoms with E-state index in [9.17, 15) is 39.3 Å². The number of hydrogen-bond acceptors (Lipinski definition) is 11. The number of fused-ring (bicyclic) bond motifs is 2. The van der Waals surface area contributed by atoms with Crippen LogP contribution in [0.4, 0.5) is 0 Å². The van der Waals surface area contributed by atoms with E-state index in [4.69, 9.17) is 5.73 Å². The number of imidazole rings is 1. The number of carboxylic acid groups (broad SMARTS) is 1. The number of aromatic amines is 3. The number of amides is 6. The number of nitrogens with two attached hydrogens (primary N) is 1. The fourth-order valence-electron chi connectivity index (χ4n) is 9.00. The average Bonchev–Trinajstić information content (AvgIpc) is 4.22. The number of aromatic nitrogens is 4. The second kappa shape index (κ2) is 26.1. The molecule has 0 bridgehead atoms. The molecule has 0 saturated carbocycles. The third-order valence-electron chi connectivity index (χ3n) is 13.6. The molecule has 7 aromatic rings. The molecule has 7 rings (SSSR count). The van der Waals surface area contributed by atoms with E-state index in [1.54, 1.807) is 32.3 Å². The monoisotopic (exact) mass is 1050 g/mol. The highest BCUT2D eigenvalue weighted by Gasteiger charge is 2.37. The minimum atomic E-state index is -1.68. The van der Waals surface area contributed by atoms with Gasteiger partial charge in [0, 0.05) is 71.8 Å². The number of phenolic OH excluding ortho intramolecular Hbond substituents is 1. The maximum absolute atomic E-state index is 15.1. The lowest BCUT2D eigenvalue weighted by Gasteiger charge is -2.29. The Kier molecular flexibility index (Phi) is 19.0. The molecule has 6 amide bonds. The van der Waals surface area contributed by atoms with Crippen molar-refractivity contribution in [2.24, 2.45) is 11.7 Å². The number of hydrogen-bond donors (Lipinski definition) is 13. The van der Waals surface area contributed by atoms with Crippen LogP contribution >= 0.6 is 0 Å². The third kappa shape index (κ3) is 14.9. The Balaban J connectivity index is 1.21. The second-order valence-electron chi connectivity index (χ2n) is 19.3. The van der Waals surface area contributed by atoms with E-state index in [2.05, 4.69) is 51.8 Å².